The number of nitrogens with one attached hydrogen (secondary N) is 1. The lowest BCUT2D eigenvalue weighted by Crippen LogP contribution is -2.52. The van der Waals surface area contributed by atoms with Crippen molar-refractivity contribution in [3.63, 3.8) is 0 Å². The molecule has 0 unspecified atom stereocenters. The van der Waals surface area contributed by atoms with E-state index in [1.807, 2.05) is 0 Å². The summed E-state index contributed by atoms with van der Waals surface area (Å²) in [5, 5.41) is 2.79. The predicted octanol–water partition coefficient (Wildman–Crippen LogP) is 2.94. The Morgan fingerprint density at radius 1 is 1.22 bits per heavy atom. The Labute approximate surface area is 139 Å². The zero-order valence-electron chi connectivity index (χ0n) is 12.5. The van der Waals surface area contributed by atoms with Gasteiger partial charge in [-0.25, -0.2) is 0 Å². The molecule has 1 aliphatic carbocycles. The van der Waals surface area contributed by atoms with Crippen LogP contribution >= 0.6 is 12.4 Å². The van der Waals surface area contributed by atoms with Crippen molar-refractivity contribution in [3.8, 4) is 5.75 Å². The molecule has 0 aromatic heterocycles. The van der Waals surface area contributed by atoms with Crippen LogP contribution in [0.25, 0.3) is 0 Å². The molecule has 1 aliphatic rings. The Morgan fingerprint density at radius 3 is 2.30 bits per heavy atom. The Kier molecular flexibility index (Phi) is 6.70. The van der Waals surface area contributed by atoms with Gasteiger partial charge in [0.05, 0.1) is 5.54 Å². The highest BCUT2D eigenvalue weighted by molar-refractivity contribution is 5.86. The Morgan fingerprint density at radius 2 is 1.78 bits per heavy atom. The van der Waals surface area contributed by atoms with Crippen LogP contribution in [0.2, 0.25) is 0 Å². The maximum absolute atomic E-state index is 12.0. The van der Waals surface area contributed by atoms with Gasteiger partial charge in [-0.15, -0.1) is 25.6 Å². The van der Waals surface area contributed by atoms with Crippen LogP contribution in [0.5, 0.6) is 5.75 Å². The van der Waals surface area contributed by atoms with E-state index >= 15 is 0 Å². The van der Waals surface area contributed by atoms with Crippen molar-refractivity contribution in [2.75, 3.05) is 6.54 Å². The van der Waals surface area contributed by atoms with Crippen molar-refractivity contribution in [3.05, 3.63) is 29.8 Å². The van der Waals surface area contributed by atoms with E-state index in [1.54, 1.807) is 12.1 Å². The topological polar surface area (TPSA) is 64.4 Å². The van der Waals surface area contributed by atoms with Gasteiger partial charge in [0.1, 0.15) is 5.75 Å². The van der Waals surface area contributed by atoms with Crippen molar-refractivity contribution in [2.24, 2.45) is 5.73 Å². The molecule has 8 heteroatoms. The summed E-state index contributed by atoms with van der Waals surface area (Å²) in [6.45, 7) is 0.400. The van der Waals surface area contributed by atoms with Crippen LogP contribution in [0, 0.1) is 0 Å². The first-order valence-electron chi connectivity index (χ1n) is 7.20. The summed E-state index contributed by atoms with van der Waals surface area (Å²) in [6, 6.07) is 5.60. The van der Waals surface area contributed by atoms with Gasteiger partial charge in [0.25, 0.3) is 0 Å². The van der Waals surface area contributed by atoms with Crippen molar-refractivity contribution in [1.29, 1.82) is 0 Å². The van der Waals surface area contributed by atoms with Crippen molar-refractivity contribution in [1.82, 2.24) is 5.32 Å². The summed E-state index contributed by atoms with van der Waals surface area (Å²) in [5.41, 5.74) is 6.08. The lowest BCUT2D eigenvalue weighted by molar-refractivity contribution is -0.274. The molecule has 0 heterocycles. The summed E-state index contributed by atoms with van der Waals surface area (Å²) in [5.74, 6) is -0.408. The fraction of sp³-hybridized carbons (Fsp3) is 0.533. The van der Waals surface area contributed by atoms with E-state index in [0.717, 1.165) is 18.4 Å². The Balaban J connectivity index is 0.00000264. The molecule has 4 nitrogen and oxygen atoms in total. The molecular weight excluding hydrogens is 333 g/mol. The number of carbonyl (C=O) groups excluding carboxylic acids is 1. The number of amides is 1. The second-order valence-electron chi connectivity index (χ2n) is 5.56. The molecule has 1 fully saturated rings. The minimum atomic E-state index is -4.69. The summed E-state index contributed by atoms with van der Waals surface area (Å²) in [7, 11) is 0. The third-order valence-corrected chi connectivity index (χ3v) is 3.80. The van der Waals surface area contributed by atoms with Gasteiger partial charge in [0, 0.05) is 6.54 Å². The fourth-order valence-corrected chi connectivity index (χ4v) is 2.59. The van der Waals surface area contributed by atoms with Gasteiger partial charge in [-0.2, -0.15) is 0 Å². The fourth-order valence-electron chi connectivity index (χ4n) is 2.59. The summed E-state index contributed by atoms with van der Waals surface area (Å²) < 4.78 is 39.9. The molecule has 3 N–H and O–H groups in total. The van der Waals surface area contributed by atoms with E-state index in [4.69, 9.17) is 5.73 Å². The van der Waals surface area contributed by atoms with E-state index in [0.29, 0.717) is 25.8 Å². The van der Waals surface area contributed by atoms with Crippen LogP contribution < -0.4 is 15.8 Å². The molecule has 1 aromatic rings. The smallest absolute Gasteiger partial charge is 0.406 e. The Hall–Kier alpha value is -1.47. The molecule has 1 aromatic carbocycles. The monoisotopic (exact) mass is 352 g/mol. The first kappa shape index (κ1) is 19.6. The van der Waals surface area contributed by atoms with E-state index < -0.39 is 11.9 Å². The molecule has 0 bridgehead atoms. The molecule has 0 radical (unpaired) electrons. The van der Waals surface area contributed by atoms with Crippen LogP contribution in [0.3, 0.4) is 0 Å². The average Bonchev–Trinajstić information content (AvgIpc) is 2.87. The maximum Gasteiger partial charge on any atom is 0.573 e. The molecule has 1 saturated carbocycles. The van der Waals surface area contributed by atoms with Crippen molar-refractivity contribution in [2.45, 2.75) is 44.0 Å². The van der Waals surface area contributed by atoms with Crippen LogP contribution in [-0.2, 0) is 11.2 Å². The number of benzene rings is 1. The molecule has 23 heavy (non-hydrogen) atoms. The third-order valence-electron chi connectivity index (χ3n) is 3.80. The number of halogens is 4. The van der Waals surface area contributed by atoms with Gasteiger partial charge in [-0.3, -0.25) is 4.79 Å². The number of hydrogen-bond acceptors (Lipinski definition) is 3. The van der Waals surface area contributed by atoms with Crippen LogP contribution in [0.1, 0.15) is 31.2 Å². The Bertz CT molecular complexity index is 514. The van der Waals surface area contributed by atoms with Crippen LogP contribution in [-0.4, -0.2) is 24.4 Å². The predicted molar refractivity (Wildman–Crippen MR) is 82.5 cm³/mol. The number of hydrogen-bond donors (Lipinski definition) is 2. The summed E-state index contributed by atoms with van der Waals surface area (Å²) in [4.78, 5) is 12.0. The van der Waals surface area contributed by atoms with Gasteiger partial charge in [-0.05, 0) is 37.0 Å². The lowest BCUT2D eigenvalue weighted by atomic mass is 9.98. The first-order valence-corrected chi connectivity index (χ1v) is 7.20. The third kappa shape index (κ3) is 5.91. The highest BCUT2D eigenvalue weighted by Crippen LogP contribution is 2.27. The normalized spacial score (nSPS) is 16.5. The van der Waals surface area contributed by atoms with Crippen molar-refractivity contribution < 1.29 is 22.7 Å². The number of nitrogens with two attached hydrogens (primary N) is 1. The second-order valence-corrected chi connectivity index (χ2v) is 5.56. The zero-order chi connectivity index (χ0) is 16.2. The van der Waals surface area contributed by atoms with E-state index in [-0.39, 0.29) is 24.1 Å². The molecule has 0 saturated heterocycles. The van der Waals surface area contributed by atoms with E-state index in [1.165, 1.54) is 12.1 Å². The quantitative estimate of drug-likeness (QED) is 0.856. The van der Waals surface area contributed by atoms with Gasteiger partial charge in [0.15, 0.2) is 0 Å². The second kappa shape index (κ2) is 7.88. The SMILES string of the molecule is Cl.NC1(C(=O)NCCc2ccc(OC(F)(F)F)cc2)CCCC1. The number of ether oxygens (including phenoxy) is 1. The van der Waals surface area contributed by atoms with E-state index in [2.05, 4.69) is 10.1 Å². The molecule has 0 aliphatic heterocycles. The molecular formula is C15H20ClF3N2O2. The van der Waals surface area contributed by atoms with Gasteiger partial charge < -0.3 is 15.8 Å². The number of carbonyl (C=O) groups is 1. The van der Waals surface area contributed by atoms with Gasteiger partial charge >= 0.3 is 6.36 Å². The van der Waals surface area contributed by atoms with Gasteiger partial charge in [0.2, 0.25) is 5.91 Å². The number of rotatable bonds is 5. The highest BCUT2D eigenvalue weighted by Gasteiger charge is 2.36. The molecule has 0 spiro atoms. The average molecular weight is 353 g/mol. The first-order chi connectivity index (χ1) is 10.3. The van der Waals surface area contributed by atoms with Crippen molar-refractivity contribution >= 4 is 18.3 Å². The minimum absolute atomic E-state index is 0. The highest BCUT2D eigenvalue weighted by atomic mass is 35.5. The summed E-state index contributed by atoms with van der Waals surface area (Å²) in [6.07, 6.45) is -0.847. The van der Waals surface area contributed by atoms with Crippen LogP contribution in [0.15, 0.2) is 24.3 Å². The molecule has 1 amide bonds. The number of alkyl halides is 3. The van der Waals surface area contributed by atoms with E-state index in [9.17, 15) is 18.0 Å². The molecule has 0 atom stereocenters. The van der Waals surface area contributed by atoms with Gasteiger partial charge in [-0.1, -0.05) is 25.0 Å². The summed E-state index contributed by atoms with van der Waals surface area (Å²) >= 11 is 0. The molecule has 2 rings (SSSR count). The zero-order valence-corrected chi connectivity index (χ0v) is 13.3. The lowest BCUT2D eigenvalue weighted by Gasteiger charge is -2.22. The maximum atomic E-state index is 12.0. The van der Waals surface area contributed by atoms with Crippen LogP contribution in [0.4, 0.5) is 13.2 Å². The standard InChI is InChI=1S/C15H19F3N2O2.ClH/c16-15(17,18)22-12-5-3-11(4-6-12)7-10-20-13(21)14(19)8-1-2-9-14;/h3-6H,1-2,7-10,19H2,(H,20,21);1H. The minimum Gasteiger partial charge on any atom is -0.406 e. The molecule has 130 valence electrons. The largest absolute Gasteiger partial charge is 0.573 e.